The van der Waals surface area contributed by atoms with Crippen molar-refractivity contribution >= 4 is 17.7 Å². The van der Waals surface area contributed by atoms with Crippen LogP contribution in [0.25, 0.3) is 17.2 Å². The van der Waals surface area contributed by atoms with Crippen LogP contribution in [0.2, 0.25) is 0 Å². The Kier molecular flexibility index (Phi) is 5.14. The third kappa shape index (κ3) is 4.78. The molecule has 0 saturated carbocycles. The highest BCUT2D eigenvalue weighted by atomic mass is 16.6. The van der Waals surface area contributed by atoms with Crippen molar-refractivity contribution in [2.45, 2.75) is 26.4 Å². The Labute approximate surface area is 140 Å². The van der Waals surface area contributed by atoms with Crippen LogP contribution in [-0.4, -0.2) is 16.5 Å². The van der Waals surface area contributed by atoms with Crippen molar-refractivity contribution in [3.8, 4) is 11.1 Å². The minimum absolute atomic E-state index is 0.0237. The summed E-state index contributed by atoms with van der Waals surface area (Å²) in [5.41, 5.74) is 1.40. The summed E-state index contributed by atoms with van der Waals surface area (Å²) in [5, 5.41) is 11.2. The molecule has 0 unspecified atom stereocenters. The van der Waals surface area contributed by atoms with E-state index >= 15 is 0 Å². The van der Waals surface area contributed by atoms with Crippen molar-refractivity contribution in [1.82, 2.24) is 0 Å². The van der Waals surface area contributed by atoms with E-state index in [0.717, 1.165) is 5.56 Å². The van der Waals surface area contributed by atoms with Gasteiger partial charge in [-0.1, -0.05) is 30.3 Å². The zero-order valence-electron chi connectivity index (χ0n) is 13.9. The van der Waals surface area contributed by atoms with Gasteiger partial charge in [0.2, 0.25) is 0 Å². The second-order valence-corrected chi connectivity index (χ2v) is 6.27. The van der Waals surface area contributed by atoms with E-state index in [-0.39, 0.29) is 5.69 Å². The Morgan fingerprint density at radius 3 is 2.38 bits per heavy atom. The van der Waals surface area contributed by atoms with E-state index in [9.17, 15) is 14.9 Å². The first kappa shape index (κ1) is 17.4. The maximum Gasteiger partial charge on any atom is 0.331 e. The van der Waals surface area contributed by atoms with Crippen LogP contribution in [0.1, 0.15) is 26.3 Å². The number of hydrogen-bond acceptors (Lipinski definition) is 4. The van der Waals surface area contributed by atoms with Crippen molar-refractivity contribution in [1.29, 1.82) is 0 Å². The van der Waals surface area contributed by atoms with Gasteiger partial charge in [0.25, 0.3) is 5.69 Å². The van der Waals surface area contributed by atoms with Crippen LogP contribution in [0.5, 0.6) is 0 Å². The highest BCUT2D eigenvalue weighted by molar-refractivity contribution is 5.88. The van der Waals surface area contributed by atoms with Gasteiger partial charge in [0.05, 0.1) is 10.5 Å². The average Bonchev–Trinajstić information content (AvgIpc) is 2.52. The van der Waals surface area contributed by atoms with Gasteiger partial charge in [-0.2, -0.15) is 0 Å². The molecule has 0 aliphatic carbocycles. The third-order valence-electron chi connectivity index (χ3n) is 3.12. The average molecular weight is 325 g/mol. The summed E-state index contributed by atoms with van der Waals surface area (Å²) in [7, 11) is 0. The molecule has 2 aromatic carbocycles. The molecule has 5 nitrogen and oxygen atoms in total. The van der Waals surface area contributed by atoms with E-state index in [4.69, 9.17) is 4.74 Å². The maximum atomic E-state index is 11.7. The molecule has 0 heterocycles. The van der Waals surface area contributed by atoms with Crippen LogP contribution < -0.4 is 0 Å². The molecular formula is C19H19NO4. The van der Waals surface area contributed by atoms with Crippen molar-refractivity contribution in [3.63, 3.8) is 0 Å². The van der Waals surface area contributed by atoms with Crippen LogP contribution in [0, 0.1) is 10.1 Å². The van der Waals surface area contributed by atoms with Crippen molar-refractivity contribution < 1.29 is 14.5 Å². The number of ether oxygens (including phenoxy) is 1. The smallest absolute Gasteiger partial charge is 0.331 e. The first-order valence-electron chi connectivity index (χ1n) is 7.51. The molecule has 0 radical (unpaired) electrons. The molecule has 0 aliphatic heterocycles. The van der Waals surface area contributed by atoms with Crippen LogP contribution in [0.3, 0.4) is 0 Å². The standard InChI is InChI=1S/C19H19NO4/c1-19(2,3)24-18(21)12-10-14-9-11-17(20(22)23)16(13-14)15-7-5-4-6-8-15/h4-13H,1-3H3. The maximum absolute atomic E-state index is 11.7. The van der Waals surface area contributed by atoms with Gasteiger partial charge in [0, 0.05) is 12.1 Å². The lowest BCUT2D eigenvalue weighted by molar-refractivity contribution is -0.384. The van der Waals surface area contributed by atoms with Crippen LogP contribution in [0.15, 0.2) is 54.6 Å². The minimum Gasteiger partial charge on any atom is -0.457 e. The van der Waals surface area contributed by atoms with E-state index in [0.29, 0.717) is 11.1 Å². The predicted molar refractivity (Wildman–Crippen MR) is 93.4 cm³/mol. The molecule has 0 aliphatic rings. The molecule has 2 aromatic rings. The van der Waals surface area contributed by atoms with Crippen molar-refractivity contribution in [2.75, 3.05) is 0 Å². The Hall–Kier alpha value is -2.95. The number of hydrogen-bond donors (Lipinski definition) is 0. The van der Waals surface area contributed by atoms with E-state index in [1.165, 1.54) is 12.1 Å². The van der Waals surface area contributed by atoms with Gasteiger partial charge in [-0.15, -0.1) is 0 Å². The first-order valence-corrected chi connectivity index (χ1v) is 7.51. The van der Waals surface area contributed by atoms with E-state index in [1.54, 1.807) is 39.0 Å². The summed E-state index contributed by atoms with van der Waals surface area (Å²) in [6.07, 6.45) is 2.91. The summed E-state index contributed by atoms with van der Waals surface area (Å²) in [4.78, 5) is 22.6. The number of carbonyl (C=O) groups excluding carboxylic acids is 1. The van der Waals surface area contributed by atoms with Gasteiger partial charge in [0.1, 0.15) is 5.60 Å². The second kappa shape index (κ2) is 7.08. The summed E-state index contributed by atoms with van der Waals surface area (Å²) >= 11 is 0. The SMILES string of the molecule is CC(C)(C)OC(=O)C=Cc1ccc([N+](=O)[O-])c(-c2ccccc2)c1. The van der Waals surface area contributed by atoms with Gasteiger partial charge >= 0.3 is 5.97 Å². The van der Waals surface area contributed by atoms with E-state index in [1.807, 2.05) is 30.3 Å². The van der Waals surface area contributed by atoms with Crippen molar-refractivity contribution in [3.05, 3.63) is 70.3 Å². The lowest BCUT2D eigenvalue weighted by atomic mass is 10.0. The van der Waals surface area contributed by atoms with Gasteiger partial charge in [-0.25, -0.2) is 4.79 Å². The monoisotopic (exact) mass is 325 g/mol. The van der Waals surface area contributed by atoms with E-state index < -0.39 is 16.5 Å². The summed E-state index contributed by atoms with van der Waals surface area (Å²) < 4.78 is 5.20. The molecule has 0 saturated heterocycles. The Bertz CT molecular complexity index is 774. The number of rotatable bonds is 4. The summed E-state index contributed by atoms with van der Waals surface area (Å²) in [6, 6.07) is 13.8. The largest absolute Gasteiger partial charge is 0.457 e. The number of benzene rings is 2. The molecule has 0 fully saturated rings. The van der Waals surface area contributed by atoms with Gasteiger partial charge in [-0.3, -0.25) is 10.1 Å². The molecule has 0 N–H and O–H groups in total. The highest BCUT2D eigenvalue weighted by Gasteiger charge is 2.16. The Morgan fingerprint density at radius 1 is 1.12 bits per heavy atom. The molecule has 0 amide bonds. The zero-order chi connectivity index (χ0) is 17.7. The number of nitro groups is 1. The normalized spacial score (nSPS) is 11.5. The van der Waals surface area contributed by atoms with Gasteiger partial charge in [0.15, 0.2) is 0 Å². The van der Waals surface area contributed by atoms with Gasteiger partial charge in [-0.05, 0) is 50.1 Å². The fraction of sp³-hybridized carbons (Fsp3) is 0.211. The molecule has 0 atom stereocenters. The lowest BCUT2D eigenvalue weighted by Crippen LogP contribution is -2.22. The predicted octanol–water partition coefficient (Wildman–Crippen LogP) is 4.62. The fourth-order valence-corrected chi connectivity index (χ4v) is 2.17. The third-order valence-corrected chi connectivity index (χ3v) is 3.12. The molecule has 0 aromatic heterocycles. The lowest BCUT2D eigenvalue weighted by Gasteiger charge is -2.17. The number of nitro benzene ring substituents is 1. The van der Waals surface area contributed by atoms with Crippen LogP contribution in [-0.2, 0) is 9.53 Å². The summed E-state index contributed by atoms with van der Waals surface area (Å²) in [6.45, 7) is 5.37. The quantitative estimate of drug-likeness (QED) is 0.356. The topological polar surface area (TPSA) is 69.4 Å². The summed E-state index contributed by atoms with van der Waals surface area (Å²) in [5.74, 6) is -0.456. The second-order valence-electron chi connectivity index (χ2n) is 6.27. The highest BCUT2D eigenvalue weighted by Crippen LogP contribution is 2.31. The zero-order valence-corrected chi connectivity index (χ0v) is 13.9. The molecule has 24 heavy (non-hydrogen) atoms. The first-order chi connectivity index (χ1) is 11.3. The van der Waals surface area contributed by atoms with Crippen LogP contribution in [0.4, 0.5) is 5.69 Å². The molecular weight excluding hydrogens is 306 g/mol. The number of esters is 1. The molecule has 0 spiro atoms. The Balaban J connectivity index is 2.34. The Morgan fingerprint density at radius 2 is 1.79 bits per heavy atom. The molecule has 5 heteroatoms. The molecule has 2 rings (SSSR count). The van der Waals surface area contributed by atoms with E-state index in [2.05, 4.69) is 0 Å². The minimum atomic E-state index is -0.563. The van der Waals surface area contributed by atoms with Crippen molar-refractivity contribution in [2.24, 2.45) is 0 Å². The molecule has 0 bridgehead atoms. The fourth-order valence-electron chi connectivity index (χ4n) is 2.17. The van der Waals surface area contributed by atoms with Crippen LogP contribution >= 0.6 is 0 Å². The van der Waals surface area contributed by atoms with Gasteiger partial charge < -0.3 is 4.74 Å². The number of nitrogens with zero attached hydrogens (tertiary/aromatic N) is 1. The number of carbonyl (C=O) groups is 1. The molecule has 124 valence electrons.